The summed E-state index contributed by atoms with van der Waals surface area (Å²) in [6.07, 6.45) is 1.31. The number of ether oxygens (including phenoxy) is 2. The van der Waals surface area contributed by atoms with Gasteiger partial charge in [0.05, 0.1) is 11.9 Å². The molecule has 12 heteroatoms. The Balaban J connectivity index is 1.79. The first-order chi connectivity index (χ1) is 18.2. The first-order valence-electron chi connectivity index (χ1n) is 12.6. The molecule has 1 atom stereocenters. The van der Waals surface area contributed by atoms with Crippen molar-refractivity contribution in [3.8, 4) is 11.5 Å². The van der Waals surface area contributed by atoms with Crippen LogP contribution in [0.1, 0.15) is 46.1 Å². The van der Waals surface area contributed by atoms with Crippen molar-refractivity contribution in [2.24, 2.45) is 0 Å². The lowest BCUT2D eigenvalue weighted by atomic mass is 10.1. The number of carbonyl (C=O) groups excluding carboxylic acids is 2. The predicted molar refractivity (Wildman–Crippen MR) is 153 cm³/mol. The van der Waals surface area contributed by atoms with E-state index in [0.717, 1.165) is 6.26 Å². The Bertz CT molecular complexity index is 1290. The van der Waals surface area contributed by atoms with E-state index in [2.05, 4.69) is 5.32 Å². The summed E-state index contributed by atoms with van der Waals surface area (Å²) >= 11 is 12.7. The van der Waals surface area contributed by atoms with E-state index in [-0.39, 0.29) is 37.7 Å². The molecule has 0 saturated carbocycles. The third-order valence-corrected chi connectivity index (χ3v) is 7.92. The van der Waals surface area contributed by atoms with E-state index in [4.69, 9.17) is 32.7 Å². The van der Waals surface area contributed by atoms with Crippen molar-refractivity contribution < 1.29 is 27.5 Å². The van der Waals surface area contributed by atoms with Crippen LogP contribution in [0.15, 0.2) is 36.4 Å². The van der Waals surface area contributed by atoms with Crippen molar-refractivity contribution in [1.82, 2.24) is 10.2 Å². The van der Waals surface area contributed by atoms with E-state index in [1.54, 1.807) is 43.3 Å². The van der Waals surface area contributed by atoms with Crippen LogP contribution in [-0.4, -0.2) is 62.7 Å². The van der Waals surface area contributed by atoms with Gasteiger partial charge in [-0.15, -0.1) is 0 Å². The molecule has 39 heavy (non-hydrogen) atoms. The van der Waals surface area contributed by atoms with Gasteiger partial charge in [0.25, 0.3) is 0 Å². The SMILES string of the molecule is C[C@@H](C(=O)NC(C)(C)C)N(Cc1c(Cl)cccc1Cl)C(=O)CCCN(c1ccc2c(c1)OCCO2)S(C)(=O)=O. The lowest BCUT2D eigenvalue weighted by Crippen LogP contribution is -2.52. The van der Waals surface area contributed by atoms with E-state index in [9.17, 15) is 18.0 Å². The zero-order valence-corrected chi connectivity index (χ0v) is 25.1. The molecule has 1 aliphatic rings. The smallest absolute Gasteiger partial charge is 0.242 e. The average Bonchev–Trinajstić information content (AvgIpc) is 2.84. The van der Waals surface area contributed by atoms with Crippen molar-refractivity contribution in [3.05, 3.63) is 52.0 Å². The van der Waals surface area contributed by atoms with Gasteiger partial charge in [0.1, 0.15) is 19.3 Å². The molecule has 0 aliphatic carbocycles. The van der Waals surface area contributed by atoms with Crippen molar-refractivity contribution in [2.75, 3.05) is 30.3 Å². The van der Waals surface area contributed by atoms with Gasteiger partial charge in [-0.1, -0.05) is 29.3 Å². The first-order valence-corrected chi connectivity index (χ1v) is 15.2. The molecule has 0 saturated heterocycles. The Labute approximate surface area is 240 Å². The number of nitrogens with one attached hydrogen (secondary N) is 1. The molecule has 0 bridgehead atoms. The number of sulfonamides is 1. The number of hydrogen-bond acceptors (Lipinski definition) is 6. The number of rotatable bonds is 10. The summed E-state index contributed by atoms with van der Waals surface area (Å²) in [7, 11) is -3.66. The number of halogens is 2. The maximum absolute atomic E-state index is 13.5. The van der Waals surface area contributed by atoms with Gasteiger partial charge in [0.2, 0.25) is 21.8 Å². The van der Waals surface area contributed by atoms with Crippen LogP contribution < -0.4 is 19.1 Å². The summed E-state index contributed by atoms with van der Waals surface area (Å²) in [6, 6.07) is 9.13. The largest absolute Gasteiger partial charge is 0.486 e. The van der Waals surface area contributed by atoms with Gasteiger partial charge in [0, 0.05) is 46.7 Å². The van der Waals surface area contributed by atoms with E-state index in [1.807, 2.05) is 20.8 Å². The third-order valence-electron chi connectivity index (χ3n) is 6.02. The van der Waals surface area contributed by atoms with Gasteiger partial charge in [-0.2, -0.15) is 0 Å². The molecule has 1 aliphatic heterocycles. The molecular formula is C27H35Cl2N3O6S. The maximum Gasteiger partial charge on any atom is 0.242 e. The number of nitrogens with zero attached hydrogens (tertiary/aromatic N) is 2. The molecule has 3 rings (SSSR count). The molecule has 2 aromatic carbocycles. The van der Waals surface area contributed by atoms with Crippen LogP contribution in [0.25, 0.3) is 0 Å². The molecule has 0 aromatic heterocycles. The number of carbonyl (C=O) groups is 2. The van der Waals surface area contributed by atoms with Crippen LogP contribution in [0.3, 0.4) is 0 Å². The predicted octanol–water partition coefficient (Wildman–Crippen LogP) is 4.64. The fourth-order valence-corrected chi connectivity index (χ4v) is 5.58. The monoisotopic (exact) mass is 599 g/mol. The Hall–Kier alpha value is -2.69. The van der Waals surface area contributed by atoms with E-state index in [0.29, 0.717) is 46.0 Å². The van der Waals surface area contributed by atoms with Crippen molar-refractivity contribution >= 4 is 50.7 Å². The summed E-state index contributed by atoms with van der Waals surface area (Å²) in [5.74, 6) is 0.348. The fourth-order valence-electron chi connectivity index (χ4n) is 4.10. The van der Waals surface area contributed by atoms with Gasteiger partial charge < -0.3 is 19.7 Å². The Kier molecular flexibility index (Phi) is 10.0. The highest BCUT2D eigenvalue weighted by atomic mass is 35.5. The third kappa shape index (κ3) is 8.40. The molecule has 0 fully saturated rings. The second kappa shape index (κ2) is 12.7. The molecule has 2 aromatic rings. The van der Waals surface area contributed by atoms with E-state index < -0.39 is 21.6 Å². The highest BCUT2D eigenvalue weighted by molar-refractivity contribution is 7.92. The van der Waals surface area contributed by atoms with Gasteiger partial charge in [-0.25, -0.2) is 8.42 Å². The zero-order chi connectivity index (χ0) is 29.0. The number of fused-ring (bicyclic) bond motifs is 1. The van der Waals surface area contributed by atoms with Crippen molar-refractivity contribution in [3.63, 3.8) is 0 Å². The molecule has 1 heterocycles. The fraction of sp³-hybridized carbons (Fsp3) is 0.481. The lowest BCUT2D eigenvalue weighted by molar-refractivity contribution is -0.141. The normalized spacial score (nSPS) is 13.9. The number of hydrogen-bond donors (Lipinski definition) is 1. The molecule has 9 nitrogen and oxygen atoms in total. The molecule has 2 amide bonds. The van der Waals surface area contributed by atoms with Crippen LogP contribution in [0.5, 0.6) is 11.5 Å². The van der Waals surface area contributed by atoms with Crippen LogP contribution in [0, 0.1) is 0 Å². The summed E-state index contributed by atoms with van der Waals surface area (Å²) in [6.45, 7) is 8.07. The Morgan fingerprint density at radius 3 is 2.26 bits per heavy atom. The van der Waals surface area contributed by atoms with Crippen LogP contribution in [0.2, 0.25) is 10.0 Å². The molecule has 0 radical (unpaired) electrons. The van der Waals surface area contributed by atoms with Crippen LogP contribution >= 0.6 is 23.2 Å². The molecule has 214 valence electrons. The minimum absolute atomic E-state index is 0.00815. The summed E-state index contributed by atoms with van der Waals surface area (Å²) in [4.78, 5) is 27.9. The minimum atomic E-state index is -3.66. The quantitative estimate of drug-likeness (QED) is 0.426. The van der Waals surface area contributed by atoms with Crippen molar-refractivity contribution in [2.45, 2.75) is 58.7 Å². The second-order valence-electron chi connectivity index (χ2n) is 10.4. The highest BCUT2D eigenvalue weighted by Crippen LogP contribution is 2.35. The second-order valence-corrected chi connectivity index (χ2v) is 13.1. The topological polar surface area (TPSA) is 105 Å². The van der Waals surface area contributed by atoms with Gasteiger partial charge in [0.15, 0.2) is 11.5 Å². The molecule has 0 spiro atoms. The van der Waals surface area contributed by atoms with Crippen LogP contribution in [0.4, 0.5) is 5.69 Å². The minimum Gasteiger partial charge on any atom is -0.486 e. The standard InChI is InChI=1S/C27H35Cl2N3O6S/c1-18(26(34)30-27(2,3)4)31(17-20-21(28)8-6-9-22(20)29)25(33)10-7-13-32(39(5,35)36)19-11-12-23-24(16-19)38-15-14-37-23/h6,8-9,11-12,16,18H,7,10,13-15,17H2,1-5H3,(H,30,34)/t18-/m0/s1. The molecular weight excluding hydrogens is 565 g/mol. The Morgan fingerprint density at radius 2 is 1.67 bits per heavy atom. The van der Waals surface area contributed by atoms with Gasteiger partial charge in [-0.05, 0) is 58.4 Å². The summed E-state index contributed by atoms with van der Waals surface area (Å²) in [5.41, 5.74) is 0.437. The first kappa shape index (κ1) is 30.8. The average molecular weight is 601 g/mol. The lowest BCUT2D eigenvalue weighted by Gasteiger charge is -2.32. The Morgan fingerprint density at radius 1 is 1.05 bits per heavy atom. The number of anilines is 1. The molecule has 0 unspecified atom stereocenters. The van der Waals surface area contributed by atoms with E-state index >= 15 is 0 Å². The van der Waals surface area contributed by atoms with Gasteiger partial charge in [-0.3, -0.25) is 13.9 Å². The number of benzene rings is 2. The van der Waals surface area contributed by atoms with Crippen molar-refractivity contribution in [1.29, 1.82) is 0 Å². The van der Waals surface area contributed by atoms with Crippen LogP contribution in [-0.2, 0) is 26.2 Å². The van der Waals surface area contributed by atoms with E-state index in [1.165, 1.54) is 9.21 Å². The number of amides is 2. The zero-order valence-electron chi connectivity index (χ0n) is 22.8. The summed E-state index contributed by atoms with van der Waals surface area (Å²) < 4.78 is 37.6. The van der Waals surface area contributed by atoms with Gasteiger partial charge >= 0.3 is 0 Å². The maximum atomic E-state index is 13.5. The summed E-state index contributed by atoms with van der Waals surface area (Å²) in [5, 5.41) is 3.66. The highest BCUT2D eigenvalue weighted by Gasteiger charge is 2.30. The molecule has 1 N–H and O–H groups in total.